The van der Waals surface area contributed by atoms with Crippen LogP contribution in [0.1, 0.15) is 70.9 Å². The zero-order valence-electron chi connectivity index (χ0n) is 35.1. The highest BCUT2D eigenvalue weighted by molar-refractivity contribution is 5.98. The van der Waals surface area contributed by atoms with Crippen LogP contribution in [0.5, 0.6) is 5.75 Å². The third kappa shape index (κ3) is 11.6. The fourth-order valence-electron chi connectivity index (χ4n) is 7.90. The highest BCUT2D eigenvalue weighted by Gasteiger charge is 2.42. The largest absolute Gasteiger partial charge is 0.508 e. The van der Waals surface area contributed by atoms with Crippen LogP contribution in [-0.2, 0) is 46.4 Å². The van der Waals surface area contributed by atoms with Crippen molar-refractivity contribution in [2.45, 2.75) is 121 Å². The smallest absolute Gasteiger partial charge is 0.246 e. The number of benzene rings is 2. The number of hydrogen-bond donors (Lipinski definition) is 9. The molecule has 61 heavy (non-hydrogen) atoms. The molecule has 3 heterocycles. The number of nitrogens with one attached hydrogen (secondary N) is 5. The first-order valence-corrected chi connectivity index (χ1v) is 20.8. The Morgan fingerprint density at radius 1 is 0.754 bits per heavy atom. The molecule has 0 spiro atoms. The lowest BCUT2D eigenvalue weighted by Gasteiger charge is -2.32. The number of nitrogens with two attached hydrogens (primary N) is 2. The van der Waals surface area contributed by atoms with Gasteiger partial charge in [-0.05, 0) is 81.2 Å². The Kier molecular flexibility index (Phi) is 15.5. The molecule has 0 bridgehead atoms. The summed E-state index contributed by atoms with van der Waals surface area (Å²) in [6.45, 7) is 6.99. The second-order valence-corrected chi connectivity index (χ2v) is 16.5. The number of rotatable bonds is 18. The molecule has 2 aromatic carbocycles. The lowest BCUT2D eigenvalue weighted by Crippen LogP contribution is -2.60. The summed E-state index contributed by atoms with van der Waals surface area (Å²) in [7, 11) is 0. The van der Waals surface area contributed by atoms with E-state index in [9.17, 15) is 43.8 Å². The topological polar surface area (TPSA) is 282 Å². The number of carbonyl (C=O) groups excluding carboxylic acids is 7. The third-order valence-corrected chi connectivity index (χ3v) is 11.3. The van der Waals surface area contributed by atoms with Gasteiger partial charge in [-0.3, -0.25) is 33.6 Å². The molecule has 0 aliphatic carbocycles. The average Bonchev–Trinajstić information content (AvgIpc) is 4.00. The number of amides is 7. The number of aliphatic hydroxyl groups is 1. The Balaban J connectivity index is 1.37. The van der Waals surface area contributed by atoms with Crippen LogP contribution < -0.4 is 32.7 Å². The number of phenolic OH excluding ortho intramolecular Hbond substituents is 1. The van der Waals surface area contributed by atoms with E-state index >= 15 is 0 Å². The molecule has 7 amide bonds. The van der Waals surface area contributed by atoms with Crippen molar-refractivity contribution in [2.24, 2.45) is 17.4 Å². The van der Waals surface area contributed by atoms with Crippen LogP contribution in [-0.4, -0.2) is 128 Å². The summed E-state index contributed by atoms with van der Waals surface area (Å²) in [5.41, 5.74) is 13.4. The minimum absolute atomic E-state index is 0.00438. The number of carbonyl (C=O) groups is 7. The summed E-state index contributed by atoms with van der Waals surface area (Å²) < 4.78 is 0. The maximum atomic E-state index is 14.5. The monoisotopic (exact) mass is 845 g/mol. The van der Waals surface area contributed by atoms with Gasteiger partial charge in [0, 0.05) is 43.0 Å². The molecule has 8 atom stereocenters. The van der Waals surface area contributed by atoms with Crippen molar-refractivity contribution in [3.05, 3.63) is 65.9 Å². The molecular formula is C43H59N9O9. The zero-order chi connectivity index (χ0) is 44.5. The first-order chi connectivity index (χ1) is 28.9. The predicted molar refractivity (Wildman–Crippen MR) is 225 cm³/mol. The van der Waals surface area contributed by atoms with Gasteiger partial charge in [0.1, 0.15) is 48.0 Å². The average molecular weight is 846 g/mol. The first-order valence-electron chi connectivity index (χ1n) is 20.8. The molecule has 2 saturated heterocycles. The van der Waals surface area contributed by atoms with E-state index in [1.807, 2.05) is 38.1 Å². The van der Waals surface area contributed by atoms with E-state index in [2.05, 4.69) is 26.3 Å². The highest BCUT2D eigenvalue weighted by Crippen LogP contribution is 2.25. The van der Waals surface area contributed by atoms with Crippen molar-refractivity contribution >= 4 is 52.3 Å². The van der Waals surface area contributed by atoms with Gasteiger partial charge in [-0.1, -0.05) is 44.2 Å². The first kappa shape index (κ1) is 46.1. The number of aromatic nitrogens is 1. The van der Waals surface area contributed by atoms with Crippen molar-refractivity contribution < 1.29 is 43.8 Å². The molecule has 0 radical (unpaired) electrons. The number of para-hydroxylation sites is 1. The van der Waals surface area contributed by atoms with E-state index in [0.29, 0.717) is 24.8 Å². The Bertz CT molecular complexity index is 2070. The second-order valence-electron chi connectivity index (χ2n) is 16.5. The summed E-state index contributed by atoms with van der Waals surface area (Å²) in [5.74, 6) is -4.42. The molecule has 2 fully saturated rings. The van der Waals surface area contributed by atoms with Crippen LogP contribution >= 0.6 is 0 Å². The summed E-state index contributed by atoms with van der Waals surface area (Å²) in [4.78, 5) is 101. The Labute approximate surface area is 354 Å². The standard InChI is InChI=1S/C43H59N9O9/c1-23(2)19-32(49-38(56)31(48-41(59)36(44)25(4)53)20-26-13-15-28(54)16-14-26)42(60)52-18-8-12-35(52)40(58)50-33(21-27-22-46-30-10-6-5-9-29(27)30)43(61)51-17-7-11-34(51)39(57)47-24(3)37(45)55/h5-6,9-10,13-16,22-25,31-36,46,53-54H,7-8,11-12,17-21,44H2,1-4H3,(H2,45,55)(H,47,57)(H,48,59)(H,49,56)(H,50,58). The minimum Gasteiger partial charge on any atom is -0.508 e. The van der Waals surface area contributed by atoms with Gasteiger partial charge >= 0.3 is 0 Å². The zero-order valence-corrected chi connectivity index (χ0v) is 35.1. The van der Waals surface area contributed by atoms with E-state index in [-0.39, 0.29) is 50.4 Å². The van der Waals surface area contributed by atoms with Gasteiger partial charge in [0.2, 0.25) is 41.4 Å². The summed E-state index contributed by atoms with van der Waals surface area (Å²) in [5, 5.41) is 31.5. The van der Waals surface area contributed by atoms with Crippen molar-refractivity contribution in [1.29, 1.82) is 0 Å². The number of fused-ring (bicyclic) bond motifs is 1. The Morgan fingerprint density at radius 3 is 1.92 bits per heavy atom. The maximum Gasteiger partial charge on any atom is 0.246 e. The number of aliphatic hydroxyl groups excluding tert-OH is 1. The second kappa shape index (κ2) is 20.5. The van der Waals surface area contributed by atoms with E-state index in [0.717, 1.165) is 16.5 Å². The van der Waals surface area contributed by atoms with Crippen molar-refractivity contribution in [3.63, 3.8) is 0 Å². The van der Waals surface area contributed by atoms with Gasteiger partial charge < -0.3 is 57.7 Å². The number of hydrogen-bond acceptors (Lipinski definition) is 10. The number of primary amides is 1. The van der Waals surface area contributed by atoms with Crippen molar-refractivity contribution in [3.8, 4) is 5.75 Å². The number of phenols is 1. The number of likely N-dealkylation sites (tertiary alicyclic amines) is 2. The van der Waals surface area contributed by atoms with Gasteiger partial charge in [-0.2, -0.15) is 0 Å². The molecule has 11 N–H and O–H groups in total. The molecule has 2 aliphatic rings. The van der Waals surface area contributed by atoms with Crippen LogP contribution in [0.4, 0.5) is 0 Å². The number of aromatic amines is 1. The summed E-state index contributed by atoms with van der Waals surface area (Å²) in [6, 6.07) is 5.87. The fourth-order valence-corrected chi connectivity index (χ4v) is 7.90. The lowest BCUT2D eigenvalue weighted by molar-refractivity contribution is -0.144. The molecule has 3 aromatic rings. The predicted octanol–water partition coefficient (Wildman–Crippen LogP) is -0.161. The minimum atomic E-state index is -1.34. The van der Waals surface area contributed by atoms with Gasteiger partial charge in [0.25, 0.3) is 0 Å². The molecule has 2 aliphatic heterocycles. The number of H-pyrrole nitrogens is 1. The number of aromatic hydroxyl groups is 1. The van der Waals surface area contributed by atoms with Gasteiger partial charge in [0.15, 0.2) is 0 Å². The molecule has 8 unspecified atom stereocenters. The summed E-state index contributed by atoms with van der Waals surface area (Å²) >= 11 is 0. The molecule has 5 rings (SSSR count). The Hall–Kier alpha value is -6.01. The van der Waals surface area contributed by atoms with Gasteiger partial charge in [0.05, 0.1) is 6.10 Å². The highest BCUT2D eigenvalue weighted by atomic mass is 16.3. The summed E-state index contributed by atoms with van der Waals surface area (Å²) in [6.07, 6.45) is 2.39. The van der Waals surface area contributed by atoms with Crippen LogP contribution in [0.3, 0.4) is 0 Å². The van der Waals surface area contributed by atoms with Crippen LogP contribution in [0.15, 0.2) is 54.7 Å². The molecule has 0 saturated carbocycles. The molecule has 18 nitrogen and oxygen atoms in total. The van der Waals surface area contributed by atoms with Gasteiger partial charge in [-0.15, -0.1) is 0 Å². The van der Waals surface area contributed by atoms with Crippen LogP contribution in [0.2, 0.25) is 0 Å². The van der Waals surface area contributed by atoms with E-state index in [1.165, 1.54) is 35.8 Å². The number of nitrogens with zero attached hydrogens (tertiary/aromatic N) is 2. The van der Waals surface area contributed by atoms with E-state index in [1.54, 1.807) is 18.3 Å². The van der Waals surface area contributed by atoms with Crippen LogP contribution in [0.25, 0.3) is 10.9 Å². The molecular weight excluding hydrogens is 787 g/mol. The van der Waals surface area contributed by atoms with Crippen LogP contribution in [0, 0.1) is 5.92 Å². The third-order valence-electron chi connectivity index (χ3n) is 11.3. The fraction of sp³-hybridized carbons (Fsp3) is 0.512. The molecule has 330 valence electrons. The SMILES string of the molecule is CC(C)CC(NC(=O)C(Cc1ccc(O)cc1)NC(=O)C(N)C(C)O)C(=O)N1CCCC1C(=O)NC(Cc1c[nH]c2ccccc12)C(=O)N1CCCC1C(=O)NC(C)C(N)=O. The Morgan fingerprint density at radius 2 is 1.33 bits per heavy atom. The van der Waals surface area contributed by atoms with Crippen molar-refractivity contribution in [1.82, 2.24) is 36.1 Å². The quantitative estimate of drug-likeness (QED) is 0.0816. The van der Waals surface area contributed by atoms with E-state index in [4.69, 9.17) is 11.5 Å². The lowest BCUT2D eigenvalue weighted by atomic mass is 9.99. The molecule has 18 heteroatoms. The molecule has 1 aromatic heterocycles. The maximum absolute atomic E-state index is 14.5. The van der Waals surface area contributed by atoms with E-state index < -0.39 is 89.7 Å². The van der Waals surface area contributed by atoms with Gasteiger partial charge in [-0.25, -0.2) is 0 Å². The van der Waals surface area contributed by atoms with Crippen molar-refractivity contribution in [2.75, 3.05) is 13.1 Å². The normalized spacial score (nSPS) is 19.4.